The first-order valence-electron chi connectivity index (χ1n) is 1.50. The van der Waals surface area contributed by atoms with Crippen molar-refractivity contribution in [2.75, 3.05) is 0 Å². The van der Waals surface area contributed by atoms with Crippen molar-refractivity contribution in [1.29, 1.82) is 0 Å². The van der Waals surface area contributed by atoms with Crippen molar-refractivity contribution in [1.82, 2.24) is 0 Å². The summed E-state index contributed by atoms with van der Waals surface area (Å²) in [6.45, 7) is 2.21. The Bertz CT molecular complexity index is 127. The van der Waals surface area contributed by atoms with E-state index in [9.17, 15) is 8.42 Å². The van der Waals surface area contributed by atoms with Crippen LogP contribution in [-0.4, -0.2) is 42.5 Å². The van der Waals surface area contributed by atoms with Gasteiger partial charge in [-0.25, -0.2) is 4.18 Å². The Hall–Kier alpha value is 0.870. The minimum atomic E-state index is -4.23. The van der Waals surface area contributed by atoms with E-state index < -0.39 is 10.4 Å². The molecule has 45 valence electrons. The van der Waals surface area contributed by atoms with Gasteiger partial charge in [-0.15, -0.1) is 0 Å². The third-order valence-electron chi connectivity index (χ3n) is 0.218. The molecule has 0 aliphatic rings. The van der Waals surface area contributed by atoms with E-state index in [-0.39, 0.29) is 29.6 Å². The fourth-order valence-corrected chi connectivity index (χ4v) is 0.365. The SMILES string of the molecule is C[CH]OS(=O)(=O)O.[NaH]. The molecule has 0 saturated carbocycles. The second-order valence-electron chi connectivity index (χ2n) is 0.760. The molecule has 0 unspecified atom stereocenters. The summed E-state index contributed by atoms with van der Waals surface area (Å²) < 4.78 is 30.4. The summed E-state index contributed by atoms with van der Waals surface area (Å²) in [5.74, 6) is 0. The van der Waals surface area contributed by atoms with Crippen LogP contribution in [0.3, 0.4) is 0 Å². The number of hydrogen-bond donors (Lipinski definition) is 1. The molecule has 0 aromatic rings. The van der Waals surface area contributed by atoms with E-state index in [2.05, 4.69) is 4.18 Å². The van der Waals surface area contributed by atoms with E-state index in [1.165, 1.54) is 6.92 Å². The van der Waals surface area contributed by atoms with E-state index in [4.69, 9.17) is 4.55 Å². The molecule has 4 nitrogen and oxygen atoms in total. The van der Waals surface area contributed by atoms with Crippen LogP contribution in [0.25, 0.3) is 0 Å². The maximum absolute atomic E-state index is 9.53. The molecular weight excluding hydrogens is 143 g/mol. The Morgan fingerprint density at radius 2 is 2.00 bits per heavy atom. The Kier molecular flexibility index (Phi) is 6.87. The van der Waals surface area contributed by atoms with E-state index in [1.54, 1.807) is 0 Å². The van der Waals surface area contributed by atoms with Gasteiger partial charge in [-0.05, 0) is 6.92 Å². The summed E-state index contributed by atoms with van der Waals surface area (Å²) >= 11 is 0. The van der Waals surface area contributed by atoms with E-state index >= 15 is 0 Å². The summed E-state index contributed by atoms with van der Waals surface area (Å²) in [6.07, 6.45) is 0. The quantitative estimate of drug-likeness (QED) is 0.418. The van der Waals surface area contributed by atoms with Crippen LogP contribution >= 0.6 is 0 Å². The van der Waals surface area contributed by atoms with Crippen LogP contribution in [0.5, 0.6) is 0 Å². The molecule has 0 aromatic carbocycles. The van der Waals surface area contributed by atoms with E-state index in [1.807, 2.05) is 0 Å². The van der Waals surface area contributed by atoms with Gasteiger partial charge in [0.1, 0.15) is 6.61 Å². The van der Waals surface area contributed by atoms with Crippen LogP contribution < -0.4 is 0 Å². The molecule has 0 rings (SSSR count). The van der Waals surface area contributed by atoms with Crippen LogP contribution in [-0.2, 0) is 14.6 Å². The molecule has 0 amide bonds. The van der Waals surface area contributed by atoms with Gasteiger partial charge in [0.15, 0.2) is 0 Å². The second-order valence-corrected chi connectivity index (χ2v) is 1.81. The topological polar surface area (TPSA) is 63.6 Å². The Morgan fingerprint density at radius 1 is 1.62 bits per heavy atom. The normalized spacial score (nSPS) is 10.2. The fourth-order valence-electron chi connectivity index (χ4n) is 0.122. The average molecular weight is 149 g/mol. The first kappa shape index (κ1) is 11.6. The van der Waals surface area contributed by atoms with E-state index in [0.29, 0.717) is 0 Å². The van der Waals surface area contributed by atoms with Crippen molar-refractivity contribution in [3.8, 4) is 0 Å². The summed E-state index contributed by atoms with van der Waals surface area (Å²) in [7, 11) is -4.23. The van der Waals surface area contributed by atoms with E-state index in [0.717, 1.165) is 6.61 Å². The van der Waals surface area contributed by atoms with Gasteiger partial charge in [0, 0.05) is 0 Å². The molecule has 0 aromatic heterocycles. The molecule has 1 N–H and O–H groups in total. The summed E-state index contributed by atoms with van der Waals surface area (Å²) in [6, 6.07) is 0. The van der Waals surface area contributed by atoms with Gasteiger partial charge in [-0.1, -0.05) is 0 Å². The van der Waals surface area contributed by atoms with Crippen molar-refractivity contribution in [3.05, 3.63) is 6.61 Å². The molecule has 0 aliphatic heterocycles. The van der Waals surface area contributed by atoms with Crippen molar-refractivity contribution >= 4 is 40.0 Å². The van der Waals surface area contributed by atoms with Crippen LogP contribution in [0.15, 0.2) is 0 Å². The van der Waals surface area contributed by atoms with Crippen LogP contribution in [0.1, 0.15) is 6.92 Å². The number of hydrogen-bond acceptors (Lipinski definition) is 3. The van der Waals surface area contributed by atoms with Gasteiger partial charge < -0.3 is 0 Å². The molecule has 6 heteroatoms. The molecular formula is C2H6NaO4S. The van der Waals surface area contributed by atoms with Crippen LogP contribution in [0, 0.1) is 6.61 Å². The summed E-state index contributed by atoms with van der Waals surface area (Å²) in [5.41, 5.74) is 0. The zero-order valence-corrected chi connectivity index (χ0v) is 4.47. The molecule has 0 fully saturated rings. The predicted molar refractivity (Wildman–Crippen MR) is 29.8 cm³/mol. The van der Waals surface area contributed by atoms with Gasteiger partial charge in [0.05, 0.1) is 0 Å². The Balaban J connectivity index is 0. The van der Waals surface area contributed by atoms with Crippen molar-refractivity contribution < 1.29 is 17.2 Å². The van der Waals surface area contributed by atoms with Crippen molar-refractivity contribution in [2.24, 2.45) is 0 Å². The van der Waals surface area contributed by atoms with Crippen LogP contribution in [0.2, 0.25) is 0 Å². The first-order chi connectivity index (χ1) is 3.06. The zero-order valence-electron chi connectivity index (χ0n) is 3.66. The van der Waals surface area contributed by atoms with Crippen molar-refractivity contribution in [2.45, 2.75) is 6.92 Å². The first-order valence-corrected chi connectivity index (χ1v) is 2.86. The van der Waals surface area contributed by atoms with Crippen molar-refractivity contribution in [3.63, 3.8) is 0 Å². The number of rotatable bonds is 2. The third-order valence-corrected chi connectivity index (χ3v) is 0.653. The summed E-state index contributed by atoms with van der Waals surface area (Å²) in [4.78, 5) is 0. The van der Waals surface area contributed by atoms with Gasteiger partial charge >= 0.3 is 40.0 Å². The van der Waals surface area contributed by atoms with Gasteiger partial charge in [0.2, 0.25) is 0 Å². The molecule has 0 heterocycles. The monoisotopic (exact) mass is 149 g/mol. The van der Waals surface area contributed by atoms with Gasteiger partial charge in [-0.3, -0.25) is 4.55 Å². The zero-order chi connectivity index (χ0) is 5.91. The standard InChI is InChI=1S/C2H5O4S.Na.H/c1-2-6-7(3,4)5;;/h2H,1H3,(H,3,4,5);;. The molecule has 8 heavy (non-hydrogen) atoms. The molecule has 1 radical (unpaired) electrons. The van der Waals surface area contributed by atoms with Gasteiger partial charge in [-0.2, -0.15) is 8.42 Å². The third kappa shape index (κ3) is 9.98. The minimum absolute atomic E-state index is 0. The molecule has 0 aliphatic carbocycles. The Morgan fingerprint density at radius 3 is 2.00 bits per heavy atom. The van der Waals surface area contributed by atoms with Crippen LogP contribution in [0.4, 0.5) is 0 Å². The second kappa shape index (κ2) is 4.72. The molecule has 0 saturated heterocycles. The molecule has 0 atom stereocenters. The summed E-state index contributed by atoms with van der Waals surface area (Å²) in [5, 5.41) is 0. The molecule has 0 bridgehead atoms. The predicted octanol–water partition coefficient (Wildman–Crippen LogP) is -0.661. The van der Waals surface area contributed by atoms with Gasteiger partial charge in [0.25, 0.3) is 0 Å². The molecule has 0 spiro atoms. The maximum atomic E-state index is 9.53. The Labute approximate surface area is 70.5 Å². The fraction of sp³-hybridized carbons (Fsp3) is 0.500. The average Bonchev–Trinajstić information content (AvgIpc) is 1.30.